The number of carbonyl (C=O) groups is 2. The van der Waals surface area contributed by atoms with Gasteiger partial charge in [0.1, 0.15) is 0 Å². The van der Waals surface area contributed by atoms with E-state index in [1.807, 2.05) is 48.5 Å². The summed E-state index contributed by atoms with van der Waals surface area (Å²) in [6, 6.07) is 20.0. The minimum Gasteiger partial charge on any atom is -0.481 e. The predicted molar refractivity (Wildman–Crippen MR) is 136 cm³/mol. The van der Waals surface area contributed by atoms with Gasteiger partial charge in [-0.3, -0.25) is 9.69 Å². The molecule has 0 saturated heterocycles. The number of aliphatic carboxylic acids is 1. The zero-order valence-electron chi connectivity index (χ0n) is 18.1. The van der Waals surface area contributed by atoms with Crippen molar-refractivity contribution in [1.82, 2.24) is 0 Å². The third-order valence-electron chi connectivity index (χ3n) is 4.82. The second kappa shape index (κ2) is 12.0. The summed E-state index contributed by atoms with van der Waals surface area (Å²) in [6.45, 7) is 2.63. The molecule has 0 spiro atoms. The van der Waals surface area contributed by atoms with Gasteiger partial charge in [-0.05, 0) is 54.4 Å². The van der Waals surface area contributed by atoms with E-state index >= 15 is 0 Å². The summed E-state index contributed by atoms with van der Waals surface area (Å²) in [7, 11) is 0. The Morgan fingerprint density at radius 2 is 1.73 bits per heavy atom. The van der Waals surface area contributed by atoms with Gasteiger partial charge in [0.05, 0.1) is 22.2 Å². The Morgan fingerprint density at radius 1 is 1.00 bits per heavy atom. The SMILES string of the molecule is CCCCN(C(=O)Nc1cccc(Cl)c1Cl)c1cccc(Sc2ccc(CC(=O)O)cc2)c1. The summed E-state index contributed by atoms with van der Waals surface area (Å²) in [4.78, 5) is 27.7. The van der Waals surface area contributed by atoms with Crippen LogP contribution in [0.2, 0.25) is 10.0 Å². The van der Waals surface area contributed by atoms with Crippen LogP contribution < -0.4 is 10.2 Å². The van der Waals surface area contributed by atoms with Crippen molar-refractivity contribution in [2.75, 3.05) is 16.8 Å². The Hall–Kier alpha value is -2.67. The normalized spacial score (nSPS) is 10.6. The number of halogens is 2. The summed E-state index contributed by atoms with van der Waals surface area (Å²) < 4.78 is 0. The molecule has 172 valence electrons. The number of carboxylic acid groups (broad SMARTS) is 1. The number of nitrogens with one attached hydrogen (secondary N) is 1. The highest BCUT2D eigenvalue weighted by molar-refractivity contribution is 7.99. The maximum atomic E-state index is 13.1. The summed E-state index contributed by atoms with van der Waals surface area (Å²) in [5.41, 5.74) is 1.98. The number of carbonyl (C=O) groups excluding carboxylic acids is 1. The van der Waals surface area contributed by atoms with Crippen molar-refractivity contribution >= 4 is 58.3 Å². The minimum atomic E-state index is -0.854. The van der Waals surface area contributed by atoms with Crippen molar-refractivity contribution in [1.29, 1.82) is 0 Å². The largest absolute Gasteiger partial charge is 0.481 e. The van der Waals surface area contributed by atoms with Gasteiger partial charge in [0.15, 0.2) is 0 Å². The van der Waals surface area contributed by atoms with E-state index in [1.165, 1.54) is 0 Å². The fourth-order valence-corrected chi connectivity index (χ4v) is 4.37. The van der Waals surface area contributed by atoms with E-state index in [0.29, 0.717) is 22.3 Å². The molecule has 2 N–H and O–H groups in total. The number of hydrogen-bond acceptors (Lipinski definition) is 3. The van der Waals surface area contributed by atoms with E-state index in [2.05, 4.69) is 12.2 Å². The van der Waals surface area contributed by atoms with E-state index in [0.717, 1.165) is 33.9 Å². The number of benzene rings is 3. The van der Waals surface area contributed by atoms with Crippen molar-refractivity contribution in [2.24, 2.45) is 0 Å². The van der Waals surface area contributed by atoms with Crippen molar-refractivity contribution in [3.05, 3.63) is 82.3 Å². The average molecular weight is 503 g/mol. The third kappa shape index (κ3) is 7.16. The van der Waals surface area contributed by atoms with Crippen LogP contribution in [-0.2, 0) is 11.2 Å². The highest BCUT2D eigenvalue weighted by Crippen LogP contribution is 2.32. The Morgan fingerprint density at radius 3 is 2.42 bits per heavy atom. The second-order valence-corrected chi connectivity index (χ2v) is 9.28. The highest BCUT2D eigenvalue weighted by Gasteiger charge is 2.18. The first kappa shape index (κ1) is 25.0. The standard InChI is InChI=1S/C25H24Cl2N2O3S/c1-2-3-14-29(25(32)28-22-9-5-8-21(26)24(22)27)18-6-4-7-20(16-18)33-19-12-10-17(11-13-19)15-23(30)31/h4-13,16H,2-3,14-15H2,1H3,(H,28,32)(H,30,31). The molecule has 0 heterocycles. The number of rotatable bonds is 9. The lowest BCUT2D eigenvalue weighted by molar-refractivity contribution is -0.136. The zero-order chi connectivity index (χ0) is 23.8. The number of anilines is 2. The van der Waals surface area contributed by atoms with Crippen LogP contribution >= 0.6 is 35.0 Å². The molecule has 0 aliphatic heterocycles. The number of nitrogens with zero attached hydrogens (tertiary/aromatic N) is 1. The second-order valence-electron chi connectivity index (χ2n) is 7.35. The predicted octanol–water partition coefficient (Wildman–Crippen LogP) is 7.61. The molecular formula is C25H24Cl2N2O3S. The summed E-state index contributed by atoms with van der Waals surface area (Å²) in [5, 5.41) is 12.5. The lowest BCUT2D eigenvalue weighted by atomic mass is 10.2. The molecule has 0 aliphatic rings. The maximum Gasteiger partial charge on any atom is 0.326 e. The van der Waals surface area contributed by atoms with Gasteiger partial charge in [-0.1, -0.05) is 72.6 Å². The molecule has 5 nitrogen and oxygen atoms in total. The number of carboxylic acids is 1. The fraction of sp³-hybridized carbons (Fsp3) is 0.200. The van der Waals surface area contributed by atoms with E-state index in [1.54, 1.807) is 34.9 Å². The van der Waals surface area contributed by atoms with E-state index in [-0.39, 0.29) is 12.5 Å². The van der Waals surface area contributed by atoms with E-state index < -0.39 is 5.97 Å². The molecule has 0 bridgehead atoms. The van der Waals surface area contributed by atoms with Crippen LogP contribution in [0.3, 0.4) is 0 Å². The van der Waals surface area contributed by atoms with Crippen molar-refractivity contribution in [3.8, 4) is 0 Å². The molecule has 2 amide bonds. The van der Waals surface area contributed by atoms with Gasteiger partial charge in [0.25, 0.3) is 0 Å². The number of amides is 2. The number of hydrogen-bond donors (Lipinski definition) is 2. The van der Waals surface area contributed by atoms with E-state index in [9.17, 15) is 9.59 Å². The summed E-state index contributed by atoms with van der Waals surface area (Å²) >= 11 is 13.9. The van der Waals surface area contributed by atoms with Gasteiger partial charge >= 0.3 is 12.0 Å². The zero-order valence-corrected chi connectivity index (χ0v) is 20.4. The Labute approximate surface area is 207 Å². The molecule has 0 fully saturated rings. The number of urea groups is 1. The Bertz CT molecular complexity index is 1120. The van der Waals surface area contributed by atoms with Crippen LogP contribution in [0.4, 0.5) is 16.2 Å². The average Bonchev–Trinajstić information content (AvgIpc) is 2.78. The quantitative estimate of drug-likeness (QED) is 0.315. The Balaban J connectivity index is 1.79. The molecule has 8 heteroatoms. The van der Waals surface area contributed by atoms with E-state index in [4.69, 9.17) is 28.3 Å². The Kier molecular flexibility index (Phi) is 9.06. The van der Waals surface area contributed by atoms with Gasteiger partial charge in [0, 0.05) is 22.0 Å². The van der Waals surface area contributed by atoms with Crippen molar-refractivity contribution < 1.29 is 14.7 Å². The van der Waals surface area contributed by atoms with Crippen LogP contribution in [0.25, 0.3) is 0 Å². The minimum absolute atomic E-state index is 0.00141. The molecule has 0 radical (unpaired) electrons. The van der Waals surface area contributed by atoms with Gasteiger partial charge in [-0.25, -0.2) is 4.79 Å². The fourth-order valence-electron chi connectivity index (χ4n) is 3.15. The molecule has 3 aromatic carbocycles. The van der Waals surface area contributed by atoms with Crippen LogP contribution in [0, 0.1) is 0 Å². The maximum absolute atomic E-state index is 13.1. The highest BCUT2D eigenvalue weighted by atomic mass is 35.5. The first-order chi connectivity index (χ1) is 15.9. The molecule has 0 aliphatic carbocycles. The van der Waals surface area contributed by atoms with Crippen molar-refractivity contribution in [2.45, 2.75) is 36.0 Å². The monoisotopic (exact) mass is 502 g/mol. The van der Waals surface area contributed by atoms with Gasteiger partial charge in [0.2, 0.25) is 0 Å². The van der Waals surface area contributed by atoms with Crippen LogP contribution in [-0.4, -0.2) is 23.7 Å². The van der Waals surface area contributed by atoms with Gasteiger partial charge < -0.3 is 10.4 Å². The molecule has 0 aromatic heterocycles. The molecule has 0 atom stereocenters. The first-order valence-electron chi connectivity index (χ1n) is 10.5. The molecule has 3 aromatic rings. The molecule has 33 heavy (non-hydrogen) atoms. The molecule has 0 unspecified atom stereocenters. The van der Waals surface area contributed by atoms with Crippen LogP contribution in [0.15, 0.2) is 76.5 Å². The number of unbranched alkanes of at least 4 members (excludes halogenated alkanes) is 1. The first-order valence-corrected chi connectivity index (χ1v) is 12.1. The molecule has 0 saturated carbocycles. The molecular weight excluding hydrogens is 479 g/mol. The van der Waals surface area contributed by atoms with Crippen molar-refractivity contribution in [3.63, 3.8) is 0 Å². The summed E-state index contributed by atoms with van der Waals surface area (Å²) in [6.07, 6.45) is 1.79. The summed E-state index contributed by atoms with van der Waals surface area (Å²) in [5.74, 6) is -0.854. The van der Waals surface area contributed by atoms with Gasteiger partial charge in [-0.2, -0.15) is 0 Å². The lowest BCUT2D eigenvalue weighted by Crippen LogP contribution is -2.35. The third-order valence-corrected chi connectivity index (χ3v) is 6.63. The smallest absolute Gasteiger partial charge is 0.326 e. The van der Waals surface area contributed by atoms with Crippen LogP contribution in [0.5, 0.6) is 0 Å². The van der Waals surface area contributed by atoms with Gasteiger partial charge in [-0.15, -0.1) is 0 Å². The molecule has 3 rings (SSSR count). The van der Waals surface area contributed by atoms with Crippen LogP contribution in [0.1, 0.15) is 25.3 Å². The topological polar surface area (TPSA) is 69.6 Å². The lowest BCUT2D eigenvalue weighted by Gasteiger charge is -2.24.